The van der Waals surface area contributed by atoms with Gasteiger partial charge < -0.3 is 15.5 Å². The van der Waals surface area contributed by atoms with Gasteiger partial charge >= 0.3 is 0 Å². The molecule has 3 rings (SSSR count). The Morgan fingerprint density at radius 1 is 1.29 bits per heavy atom. The van der Waals surface area contributed by atoms with E-state index in [9.17, 15) is 0 Å². The number of nitrogens with zero attached hydrogens (tertiary/aromatic N) is 3. The highest BCUT2D eigenvalue weighted by Gasteiger charge is 2.15. The van der Waals surface area contributed by atoms with Crippen LogP contribution >= 0.6 is 0 Å². The number of pyridine rings is 1. The van der Waals surface area contributed by atoms with Gasteiger partial charge in [0.05, 0.1) is 17.2 Å². The molecule has 6 heteroatoms. The predicted molar refractivity (Wildman–Crippen MR) is 81.9 cm³/mol. The summed E-state index contributed by atoms with van der Waals surface area (Å²) in [6, 6.07) is 3.69. The lowest BCUT2D eigenvalue weighted by molar-refractivity contribution is 0.220. The molecule has 0 aromatic carbocycles. The van der Waals surface area contributed by atoms with Gasteiger partial charge in [0.25, 0.3) is 0 Å². The molecule has 0 saturated carbocycles. The summed E-state index contributed by atoms with van der Waals surface area (Å²) >= 11 is 0. The lowest BCUT2D eigenvalue weighted by atomic mass is 10.1. The minimum Gasteiger partial charge on any atom is -0.490 e. The van der Waals surface area contributed by atoms with Crippen molar-refractivity contribution < 1.29 is 4.74 Å². The number of H-pyrrole nitrogens is 1. The molecule has 3 N–H and O–H groups in total. The van der Waals surface area contributed by atoms with Gasteiger partial charge in [0.2, 0.25) is 5.95 Å². The Bertz CT molecular complexity index is 768. The molecule has 0 aliphatic rings. The van der Waals surface area contributed by atoms with Crippen LogP contribution < -0.4 is 10.5 Å². The van der Waals surface area contributed by atoms with Crippen molar-refractivity contribution in [2.45, 2.75) is 26.4 Å². The van der Waals surface area contributed by atoms with E-state index >= 15 is 0 Å². The van der Waals surface area contributed by atoms with Crippen LogP contribution in [0.15, 0.2) is 30.7 Å². The number of rotatable bonds is 4. The number of nitrogens with two attached hydrogens (primary N) is 1. The van der Waals surface area contributed by atoms with E-state index < -0.39 is 0 Å². The highest BCUT2D eigenvalue weighted by Crippen LogP contribution is 2.34. The summed E-state index contributed by atoms with van der Waals surface area (Å²) in [6.45, 7) is 4.13. The Hall–Kier alpha value is -2.63. The summed E-state index contributed by atoms with van der Waals surface area (Å²) in [5.41, 5.74) is 8.09. The number of hydrogen-bond donors (Lipinski definition) is 2. The average molecular weight is 283 g/mol. The second-order valence-electron chi connectivity index (χ2n) is 4.87. The standard InChI is InChI=1S/C15H17N5O/c1-3-9(2)21-12-5-7-17-14-13(12)10(8-19-14)11-4-6-18-15(16)20-11/h4-9H,3H2,1-2H3,(H,17,19)(H2,16,18,20). The van der Waals surface area contributed by atoms with Gasteiger partial charge in [-0.1, -0.05) is 6.92 Å². The van der Waals surface area contributed by atoms with Crippen LogP contribution in [-0.2, 0) is 0 Å². The Morgan fingerprint density at radius 2 is 2.10 bits per heavy atom. The van der Waals surface area contributed by atoms with E-state index in [1.807, 2.05) is 25.3 Å². The van der Waals surface area contributed by atoms with Crippen LogP contribution in [0, 0.1) is 0 Å². The first kappa shape index (κ1) is 13.4. The molecule has 1 unspecified atom stereocenters. The number of fused-ring (bicyclic) bond motifs is 1. The van der Waals surface area contributed by atoms with Gasteiger partial charge in [-0.2, -0.15) is 0 Å². The van der Waals surface area contributed by atoms with E-state index in [-0.39, 0.29) is 12.1 Å². The predicted octanol–water partition coefficient (Wildman–Crippen LogP) is 2.78. The molecule has 21 heavy (non-hydrogen) atoms. The normalized spacial score (nSPS) is 12.5. The molecule has 1 atom stereocenters. The maximum Gasteiger partial charge on any atom is 0.220 e. The topological polar surface area (TPSA) is 89.7 Å². The van der Waals surface area contributed by atoms with Gasteiger partial charge in [0, 0.05) is 24.2 Å². The lowest BCUT2D eigenvalue weighted by Gasteiger charge is -2.14. The maximum atomic E-state index is 5.99. The molecule has 0 radical (unpaired) electrons. The molecule has 0 amide bonds. The Morgan fingerprint density at radius 3 is 2.86 bits per heavy atom. The highest BCUT2D eigenvalue weighted by molar-refractivity contribution is 5.97. The van der Waals surface area contributed by atoms with Gasteiger partial charge in [-0.15, -0.1) is 0 Å². The molecule has 0 aliphatic carbocycles. The van der Waals surface area contributed by atoms with Crippen molar-refractivity contribution in [2.75, 3.05) is 5.73 Å². The van der Waals surface area contributed by atoms with E-state index in [1.54, 1.807) is 12.4 Å². The Kier molecular flexibility index (Phi) is 3.43. The van der Waals surface area contributed by atoms with Crippen molar-refractivity contribution in [1.82, 2.24) is 19.9 Å². The monoisotopic (exact) mass is 283 g/mol. The van der Waals surface area contributed by atoms with E-state index in [0.29, 0.717) is 0 Å². The zero-order valence-corrected chi connectivity index (χ0v) is 12.0. The van der Waals surface area contributed by atoms with Crippen molar-refractivity contribution in [2.24, 2.45) is 0 Å². The fraction of sp³-hybridized carbons (Fsp3) is 0.267. The van der Waals surface area contributed by atoms with E-state index in [4.69, 9.17) is 10.5 Å². The molecule has 0 spiro atoms. The average Bonchev–Trinajstić information content (AvgIpc) is 2.92. The number of aromatic nitrogens is 4. The molecule has 3 aromatic heterocycles. The van der Waals surface area contributed by atoms with Crippen molar-refractivity contribution in [1.29, 1.82) is 0 Å². The molecular formula is C15H17N5O. The zero-order valence-electron chi connectivity index (χ0n) is 12.0. The maximum absolute atomic E-state index is 5.99. The summed E-state index contributed by atoms with van der Waals surface area (Å²) in [7, 11) is 0. The van der Waals surface area contributed by atoms with E-state index in [1.165, 1.54) is 0 Å². The van der Waals surface area contributed by atoms with Gasteiger partial charge in [-0.25, -0.2) is 15.0 Å². The zero-order chi connectivity index (χ0) is 14.8. The number of aromatic amines is 1. The lowest BCUT2D eigenvalue weighted by Crippen LogP contribution is -2.10. The van der Waals surface area contributed by atoms with E-state index in [2.05, 4.69) is 26.9 Å². The third-order valence-electron chi connectivity index (χ3n) is 3.39. The summed E-state index contributed by atoms with van der Waals surface area (Å²) in [5, 5.41) is 0.913. The third-order valence-corrected chi connectivity index (χ3v) is 3.39. The van der Waals surface area contributed by atoms with Crippen molar-refractivity contribution >= 4 is 17.0 Å². The van der Waals surface area contributed by atoms with Gasteiger partial charge in [0.1, 0.15) is 11.4 Å². The molecule has 3 aromatic rings. The summed E-state index contributed by atoms with van der Waals surface area (Å²) < 4.78 is 5.99. The number of nitrogen functional groups attached to an aromatic ring is 1. The van der Waals surface area contributed by atoms with Gasteiger partial charge in [0.15, 0.2) is 0 Å². The summed E-state index contributed by atoms with van der Waals surface area (Å²) in [4.78, 5) is 15.7. The van der Waals surface area contributed by atoms with Crippen LogP contribution in [0.2, 0.25) is 0 Å². The second-order valence-corrected chi connectivity index (χ2v) is 4.87. The molecule has 6 nitrogen and oxygen atoms in total. The highest BCUT2D eigenvalue weighted by atomic mass is 16.5. The molecule has 0 bridgehead atoms. The largest absolute Gasteiger partial charge is 0.490 e. The summed E-state index contributed by atoms with van der Waals surface area (Å²) in [5.74, 6) is 1.04. The number of anilines is 1. The molecule has 108 valence electrons. The molecule has 3 heterocycles. The Balaban J connectivity index is 2.15. The minimum atomic E-state index is 0.133. The van der Waals surface area contributed by atoms with Crippen molar-refractivity contribution in [3.8, 4) is 17.0 Å². The third kappa shape index (κ3) is 2.52. The number of ether oxygens (including phenoxy) is 1. The quantitative estimate of drug-likeness (QED) is 0.768. The van der Waals surface area contributed by atoms with Crippen LogP contribution in [0.25, 0.3) is 22.3 Å². The summed E-state index contributed by atoms with van der Waals surface area (Å²) in [6.07, 6.45) is 6.30. The van der Waals surface area contributed by atoms with E-state index in [0.717, 1.165) is 34.5 Å². The fourth-order valence-corrected chi connectivity index (χ4v) is 2.15. The Labute approximate surface area is 122 Å². The van der Waals surface area contributed by atoms with Crippen LogP contribution in [0.5, 0.6) is 5.75 Å². The van der Waals surface area contributed by atoms with Crippen LogP contribution in [0.3, 0.4) is 0 Å². The first-order valence-corrected chi connectivity index (χ1v) is 6.90. The molecule has 0 aliphatic heterocycles. The first-order chi connectivity index (χ1) is 10.2. The van der Waals surface area contributed by atoms with Crippen LogP contribution in [0.4, 0.5) is 5.95 Å². The molecule has 0 fully saturated rings. The van der Waals surface area contributed by atoms with Crippen molar-refractivity contribution in [3.05, 3.63) is 30.7 Å². The molecule has 0 saturated heterocycles. The van der Waals surface area contributed by atoms with Gasteiger partial charge in [-0.05, 0) is 25.5 Å². The first-order valence-electron chi connectivity index (χ1n) is 6.90. The minimum absolute atomic E-state index is 0.133. The SMILES string of the molecule is CCC(C)Oc1ccnc2[nH]cc(-c3ccnc(N)n3)c12. The smallest absolute Gasteiger partial charge is 0.220 e. The van der Waals surface area contributed by atoms with Crippen molar-refractivity contribution in [3.63, 3.8) is 0 Å². The van der Waals surface area contributed by atoms with Gasteiger partial charge in [-0.3, -0.25) is 0 Å². The number of hydrogen-bond acceptors (Lipinski definition) is 5. The number of nitrogens with one attached hydrogen (secondary N) is 1. The molecular weight excluding hydrogens is 266 g/mol. The second kappa shape index (κ2) is 5.40. The van der Waals surface area contributed by atoms with Crippen LogP contribution in [-0.4, -0.2) is 26.0 Å². The fourth-order valence-electron chi connectivity index (χ4n) is 2.15. The van der Waals surface area contributed by atoms with Crippen LogP contribution in [0.1, 0.15) is 20.3 Å².